The molecule has 1 rings (SSSR count). The van der Waals surface area contributed by atoms with Gasteiger partial charge in [-0.05, 0) is 54.5 Å². The van der Waals surface area contributed by atoms with Crippen LogP contribution in [0.1, 0.15) is 50.0 Å². The third kappa shape index (κ3) is 6.88. The highest BCUT2D eigenvalue weighted by Crippen LogP contribution is 2.29. The lowest BCUT2D eigenvalue weighted by atomic mass is 10.0. The Balaban J connectivity index is 2.94. The summed E-state index contributed by atoms with van der Waals surface area (Å²) in [7, 11) is 0. The quantitative estimate of drug-likeness (QED) is 0.419. The van der Waals surface area contributed by atoms with Gasteiger partial charge in [-0.3, -0.25) is 0 Å². The van der Waals surface area contributed by atoms with Gasteiger partial charge in [0.1, 0.15) is 6.04 Å². The average molecular weight is 388 g/mol. The van der Waals surface area contributed by atoms with Crippen molar-refractivity contribution >= 4 is 16.9 Å². The van der Waals surface area contributed by atoms with E-state index in [0.717, 1.165) is 29.4 Å². The van der Waals surface area contributed by atoms with E-state index < -0.39 is 12.2 Å². The minimum atomic E-state index is -4.55. The Morgan fingerprint density at radius 3 is 2.46 bits per heavy atom. The summed E-state index contributed by atoms with van der Waals surface area (Å²) in [6, 6.07) is -0.0579. The highest BCUT2D eigenvalue weighted by molar-refractivity contribution is 7.11. The number of thiophene rings is 1. The van der Waals surface area contributed by atoms with E-state index in [0.29, 0.717) is 0 Å². The Bertz CT molecular complexity index is 657. The van der Waals surface area contributed by atoms with Crippen molar-refractivity contribution in [3.63, 3.8) is 0 Å². The lowest BCUT2D eigenvalue weighted by Crippen LogP contribution is -2.36. The molecule has 0 fully saturated rings. The van der Waals surface area contributed by atoms with E-state index in [2.05, 4.69) is 13.0 Å². The van der Waals surface area contributed by atoms with Gasteiger partial charge in [0, 0.05) is 4.88 Å². The summed E-state index contributed by atoms with van der Waals surface area (Å²) < 4.78 is 37.7. The van der Waals surface area contributed by atoms with Gasteiger partial charge in [0.2, 0.25) is 0 Å². The lowest BCUT2D eigenvalue weighted by Gasteiger charge is -2.13. The molecule has 0 bridgehead atoms. The number of unbranched alkanes of at least 4 members (excludes halogenated alkanes) is 3. The minimum Gasteiger partial charge on any atom is -0.397 e. The van der Waals surface area contributed by atoms with E-state index in [1.54, 1.807) is 17.4 Å². The third-order valence-corrected chi connectivity index (χ3v) is 5.01. The van der Waals surface area contributed by atoms with Gasteiger partial charge < -0.3 is 17.2 Å². The van der Waals surface area contributed by atoms with Gasteiger partial charge >= 0.3 is 6.18 Å². The fraction of sp³-hybridized carbons (Fsp3) is 0.474. The molecular weight excluding hydrogens is 359 g/mol. The fourth-order valence-electron chi connectivity index (χ4n) is 2.44. The molecule has 1 aromatic rings. The summed E-state index contributed by atoms with van der Waals surface area (Å²) in [4.78, 5) is 1.07. The van der Waals surface area contributed by atoms with Crippen LogP contribution in [0.3, 0.4) is 0 Å². The van der Waals surface area contributed by atoms with E-state index in [9.17, 15) is 13.2 Å². The summed E-state index contributed by atoms with van der Waals surface area (Å²) >= 11 is 1.58. The van der Waals surface area contributed by atoms with Crippen molar-refractivity contribution in [3.8, 4) is 0 Å². The van der Waals surface area contributed by atoms with E-state index in [1.807, 2.05) is 18.4 Å². The number of hydrogen-bond acceptors (Lipinski definition) is 4. The molecule has 0 amide bonds. The van der Waals surface area contributed by atoms with Crippen LogP contribution in [0.25, 0.3) is 5.57 Å². The van der Waals surface area contributed by atoms with E-state index in [1.165, 1.54) is 24.8 Å². The Morgan fingerprint density at radius 2 is 1.88 bits per heavy atom. The maximum atomic E-state index is 12.6. The van der Waals surface area contributed by atoms with Gasteiger partial charge in [-0.15, -0.1) is 11.3 Å². The molecule has 1 aromatic heterocycles. The molecule has 146 valence electrons. The van der Waals surface area contributed by atoms with E-state index in [4.69, 9.17) is 17.2 Å². The van der Waals surface area contributed by atoms with E-state index in [-0.39, 0.29) is 11.4 Å². The first-order valence-electron chi connectivity index (χ1n) is 8.70. The van der Waals surface area contributed by atoms with Gasteiger partial charge in [-0.25, -0.2) is 0 Å². The second kappa shape index (κ2) is 10.4. The van der Waals surface area contributed by atoms with Crippen molar-refractivity contribution < 1.29 is 13.2 Å². The number of halogens is 3. The molecule has 0 spiro atoms. The zero-order valence-corrected chi connectivity index (χ0v) is 16.1. The Labute approximate surface area is 157 Å². The predicted molar refractivity (Wildman–Crippen MR) is 104 cm³/mol. The van der Waals surface area contributed by atoms with Crippen LogP contribution in [-0.2, 0) is 6.42 Å². The second-order valence-electron chi connectivity index (χ2n) is 6.12. The first-order valence-corrected chi connectivity index (χ1v) is 9.58. The highest BCUT2D eigenvalue weighted by Gasteiger charge is 2.35. The van der Waals surface area contributed by atoms with Gasteiger partial charge in [0.15, 0.2) is 0 Å². The molecule has 0 aliphatic rings. The molecule has 3 nitrogen and oxygen atoms in total. The Hall–Kier alpha value is -1.73. The van der Waals surface area contributed by atoms with Gasteiger partial charge in [-0.1, -0.05) is 32.3 Å². The molecule has 0 aliphatic heterocycles. The standard InChI is InChI=1S/C19H28F3N3S/c1-3-5-6-7-8-14-9-10-26-18(14)13(4-2)11-15(23)16(24)12-17(25)19(20,21)22/h4,9-12,17H,3,5-8,23-25H2,1-2H3/b13-4+,15-11-,16-12-. The summed E-state index contributed by atoms with van der Waals surface area (Å²) in [5.41, 5.74) is 18.6. The van der Waals surface area contributed by atoms with Crippen molar-refractivity contribution in [1.29, 1.82) is 0 Å². The molecule has 0 aromatic carbocycles. The van der Waals surface area contributed by atoms with Crippen LogP contribution < -0.4 is 17.2 Å². The van der Waals surface area contributed by atoms with Crippen LogP contribution in [-0.4, -0.2) is 12.2 Å². The Morgan fingerprint density at radius 1 is 1.19 bits per heavy atom. The molecule has 0 saturated heterocycles. The van der Waals surface area contributed by atoms with Crippen LogP contribution >= 0.6 is 11.3 Å². The lowest BCUT2D eigenvalue weighted by molar-refractivity contribution is -0.137. The summed E-state index contributed by atoms with van der Waals surface area (Å²) in [6.45, 7) is 4.03. The number of hydrogen-bond donors (Lipinski definition) is 3. The molecule has 6 N–H and O–H groups in total. The molecule has 26 heavy (non-hydrogen) atoms. The molecule has 0 radical (unpaired) electrons. The smallest absolute Gasteiger partial charge is 0.397 e. The number of nitrogens with two attached hydrogens (primary N) is 3. The van der Waals surface area contributed by atoms with Crippen LogP contribution in [0, 0.1) is 0 Å². The third-order valence-electron chi connectivity index (χ3n) is 4.00. The van der Waals surface area contributed by atoms with Crippen molar-refractivity contribution in [1.82, 2.24) is 0 Å². The molecular formula is C19H28F3N3S. The number of rotatable bonds is 9. The largest absolute Gasteiger partial charge is 0.407 e. The summed E-state index contributed by atoms with van der Waals surface area (Å²) in [6.07, 6.45) is 5.32. The van der Waals surface area contributed by atoms with Gasteiger partial charge in [0.25, 0.3) is 0 Å². The average Bonchev–Trinajstić information content (AvgIpc) is 3.03. The zero-order chi connectivity index (χ0) is 19.7. The molecule has 1 atom stereocenters. The molecule has 1 heterocycles. The SMILES string of the molecule is C\C=C(/C=C(N)/C(N)=C/C(N)C(F)(F)F)c1sccc1CCCCCC. The van der Waals surface area contributed by atoms with Crippen molar-refractivity contribution in [3.05, 3.63) is 51.5 Å². The minimum absolute atomic E-state index is 0.0723. The summed E-state index contributed by atoms with van der Waals surface area (Å²) in [5.74, 6) is 0. The molecule has 7 heteroatoms. The van der Waals surface area contributed by atoms with Gasteiger partial charge in [0.05, 0.1) is 11.4 Å². The van der Waals surface area contributed by atoms with Crippen LogP contribution in [0.15, 0.2) is 41.1 Å². The normalized spacial score (nSPS) is 15.4. The van der Waals surface area contributed by atoms with Crippen LogP contribution in [0.4, 0.5) is 13.2 Å². The first-order chi connectivity index (χ1) is 12.2. The molecule has 1 unspecified atom stereocenters. The van der Waals surface area contributed by atoms with Crippen LogP contribution in [0.2, 0.25) is 0 Å². The monoisotopic (exact) mass is 387 g/mol. The first kappa shape index (κ1) is 22.3. The Kier molecular flexibility index (Phi) is 8.95. The van der Waals surface area contributed by atoms with E-state index >= 15 is 0 Å². The van der Waals surface area contributed by atoms with Crippen molar-refractivity contribution in [2.75, 3.05) is 0 Å². The summed E-state index contributed by atoms with van der Waals surface area (Å²) in [5, 5.41) is 2.01. The van der Waals surface area contributed by atoms with Crippen LogP contribution in [0.5, 0.6) is 0 Å². The van der Waals surface area contributed by atoms with Gasteiger partial charge in [-0.2, -0.15) is 13.2 Å². The fourth-order valence-corrected chi connectivity index (χ4v) is 3.45. The molecule has 0 aliphatic carbocycles. The topological polar surface area (TPSA) is 78.1 Å². The molecule has 0 saturated carbocycles. The number of allylic oxidation sites excluding steroid dienone is 3. The van der Waals surface area contributed by atoms with Crippen molar-refractivity contribution in [2.24, 2.45) is 17.2 Å². The van der Waals surface area contributed by atoms with Crippen molar-refractivity contribution in [2.45, 2.75) is 58.2 Å². The highest BCUT2D eigenvalue weighted by atomic mass is 32.1. The zero-order valence-electron chi connectivity index (χ0n) is 15.3. The second-order valence-corrected chi connectivity index (χ2v) is 7.03. The maximum absolute atomic E-state index is 12.6. The number of alkyl halides is 3. The maximum Gasteiger partial charge on any atom is 0.407 e. The predicted octanol–water partition coefficient (Wildman–Crippen LogP) is 4.85. The number of aryl methyl sites for hydroxylation is 1.